The van der Waals surface area contributed by atoms with E-state index < -0.39 is 0 Å². The van der Waals surface area contributed by atoms with Crippen LogP contribution in [0.2, 0.25) is 0 Å². The van der Waals surface area contributed by atoms with Crippen LogP contribution in [0, 0.1) is 12.8 Å². The number of nitrogens with one attached hydrogen (secondary N) is 1. The first-order valence-electron chi connectivity index (χ1n) is 7.00. The van der Waals surface area contributed by atoms with Gasteiger partial charge < -0.3 is 9.73 Å². The highest BCUT2D eigenvalue weighted by molar-refractivity contribution is 5.21. The molecule has 0 fully saturated rings. The topological polar surface area (TPSA) is 28.4 Å². The van der Waals surface area contributed by atoms with Crippen LogP contribution in [0.3, 0.4) is 0 Å². The highest BCUT2D eigenvalue weighted by atomic mass is 16.3. The molecule has 0 spiro atoms. The van der Waals surface area contributed by atoms with E-state index in [2.05, 4.69) is 50.7 Å². The van der Waals surface area contributed by atoms with Gasteiger partial charge in [0, 0.05) is 18.7 Å². The van der Waals surface area contributed by atoms with Crippen molar-refractivity contribution in [3.63, 3.8) is 0 Å². The predicted molar refractivity (Wildman–Crippen MR) is 81.1 cm³/mol. The van der Waals surface area contributed by atoms with Crippen molar-refractivity contribution in [1.82, 2.24) is 10.2 Å². The number of likely N-dealkylation sites (N-methyl/N-ethyl adjacent to an activating group) is 1. The standard InChI is InChI=1S/C16H28N2O/c1-12(2)8-17-9-16-7-15(14(5)19-16)11-18(6)10-13(3)4/h7,12,17H,3,8-11H2,1-2,4-6H3. The molecule has 0 amide bonds. The number of aryl methyl sites for hydroxylation is 1. The van der Waals surface area contributed by atoms with E-state index in [9.17, 15) is 0 Å². The third-order valence-corrected chi connectivity index (χ3v) is 2.90. The van der Waals surface area contributed by atoms with Crippen molar-refractivity contribution < 1.29 is 4.42 Å². The van der Waals surface area contributed by atoms with E-state index in [0.29, 0.717) is 5.92 Å². The van der Waals surface area contributed by atoms with Gasteiger partial charge in [-0.25, -0.2) is 0 Å². The summed E-state index contributed by atoms with van der Waals surface area (Å²) in [6.45, 7) is 16.1. The monoisotopic (exact) mass is 264 g/mol. The maximum Gasteiger partial charge on any atom is 0.118 e. The summed E-state index contributed by atoms with van der Waals surface area (Å²) in [5.74, 6) is 2.71. The van der Waals surface area contributed by atoms with Crippen molar-refractivity contribution >= 4 is 0 Å². The minimum atomic E-state index is 0.664. The van der Waals surface area contributed by atoms with Gasteiger partial charge in [-0.15, -0.1) is 0 Å². The largest absolute Gasteiger partial charge is 0.465 e. The maximum absolute atomic E-state index is 5.79. The highest BCUT2D eigenvalue weighted by Crippen LogP contribution is 2.16. The fraction of sp³-hybridized carbons (Fsp3) is 0.625. The summed E-state index contributed by atoms with van der Waals surface area (Å²) in [4.78, 5) is 2.26. The molecule has 19 heavy (non-hydrogen) atoms. The van der Waals surface area contributed by atoms with Crippen molar-refractivity contribution in [3.8, 4) is 0 Å². The molecule has 3 heteroatoms. The van der Waals surface area contributed by atoms with Crippen molar-refractivity contribution in [1.29, 1.82) is 0 Å². The SMILES string of the molecule is C=C(C)CN(C)Cc1cc(CNCC(C)C)oc1C. The number of hydrogen-bond acceptors (Lipinski definition) is 3. The second-order valence-corrected chi connectivity index (χ2v) is 5.95. The third-order valence-electron chi connectivity index (χ3n) is 2.90. The smallest absolute Gasteiger partial charge is 0.118 e. The molecule has 0 aliphatic heterocycles. The Labute approximate surface area is 117 Å². The average Bonchev–Trinajstić information content (AvgIpc) is 2.57. The van der Waals surface area contributed by atoms with Gasteiger partial charge in [0.2, 0.25) is 0 Å². The van der Waals surface area contributed by atoms with Gasteiger partial charge in [-0.05, 0) is 39.4 Å². The van der Waals surface area contributed by atoms with Crippen LogP contribution in [0.1, 0.15) is 37.9 Å². The van der Waals surface area contributed by atoms with E-state index in [1.54, 1.807) is 0 Å². The van der Waals surface area contributed by atoms with Gasteiger partial charge in [0.1, 0.15) is 11.5 Å². The lowest BCUT2D eigenvalue weighted by Crippen LogP contribution is -2.19. The Kier molecular flexibility index (Phi) is 6.32. The molecule has 0 bridgehead atoms. The number of nitrogens with zero attached hydrogens (tertiary/aromatic N) is 1. The van der Waals surface area contributed by atoms with E-state index in [1.165, 1.54) is 11.1 Å². The maximum atomic E-state index is 5.79. The minimum Gasteiger partial charge on any atom is -0.465 e. The molecule has 0 aromatic carbocycles. The van der Waals surface area contributed by atoms with Crippen LogP contribution in [-0.2, 0) is 13.1 Å². The van der Waals surface area contributed by atoms with Crippen LogP contribution < -0.4 is 5.32 Å². The Morgan fingerprint density at radius 3 is 2.74 bits per heavy atom. The molecule has 1 heterocycles. The Balaban J connectivity index is 2.51. The quantitative estimate of drug-likeness (QED) is 0.730. The second-order valence-electron chi connectivity index (χ2n) is 5.95. The summed E-state index contributed by atoms with van der Waals surface area (Å²) in [7, 11) is 2.11. The van der Waals surface area contributed by atoms with E-state index in [1.807, 2.05) is 6.92 Å². The van der Waals surface area contributed by atoms with Crippen molar-refractivity contribution in [2.75, 3.05) is 20.1 Å². The summed E-state index contributed by atoms with van der Waals surface area (Å²) in [5.41, 5.74) is 2.45. The summed E-state index contributed by atoms with van der Waals surface area (Å²) >= 11 is 0. The molecule has 1 aromatic heterocycles. The number of rotatable bonds is 8. The first-order chi connectivity index (χ1) is 8.88. The lowest BCUT2D eigenvalue weighted by Gasteiger charge is -2.15. The van der Waals surface area contributed by atoms with Crippen LogP contribution in [0.25, 0.3) is 0 Å². The molecule has 0 atom stereocenters. The lowest BCUT2D eigenvalue weighted by atomic mass is 10.2. The summed E-state index contributed by atoms with van der Waals surface area (Å²) in [6, 6.07) is 2.16. The van der Waals surface area contributed by atoms with Crippen molar-refractivity contribution in [2.45, 2.75) is 40.8 Å². The molecule has 0 aliphatic rings. The fourth-order valence-electron chi connectivity index (χ4n) is 2.12. The summed E-state index contributed by atoms with van der Waals surface area (Å²) in [5, 5.41) is 3.41. The summed E-state index contributed by atoms with van der Waals surface area (Å²) < 4.78 is 5.79. The zero-order chi connectivity index (χ0) is 14.4. The first kappa shape index (κ1) is 16.0. The van der Waals surface area contributed by atoms with Crippen molar-refractivity contribution in [3.05, 3.63) is 35.3 Å². The van der Waals surface area contributed by atoms with Crippen LogP contribution in [0.4, 0.5) is 0 Å². The molecule has 0 saturated carbocycles. The van der Waals surface area contributed by atoms with Crippen LogP contribution >= 0.6 is 0 Å². The van der Waals surface area contributed by atoms with Crippen LogP contribution in [-0.4, -0.2) is 25.0 Å². The van der Waals surface area contributed by atoms with Crippen LogP contribution in [0.5, 0.6) is 0 Å². The molecule has 0 unspecified atom stereocenters. The Hall–Kier alpha value is -1.06. The second kappa shape index (κ2) is 7.51. The van der Waals surface area contributed by atoms with Gasteiger partial charge >= 0.3 is 0 Å². The molecule has 0 saturated heterocycles. The van der Waals surface area contributed by atoms with Gasteiger partial charge in [-0.3, -0.25) is 4.90 Å². The zero-order valence-electron chi connectivity index (χ0n) is 13.0. The van der Waals surface area contributed by atoms with Gasteiger partial charge in [0.15, 0.2) is 0 Å². The Bertz CT molecular complexity index is 407. The van der Waals surface area contributed by atoms with Gasteiger partial charge in [0.05, 0.1) is 6.54 Å². The molecule has 3 nitrogen and oxygen atoms in total. The minimum absolute atomic E-state index is 0.664. The van der Waals surface area contributed by atoms with Gasteiger partial charge in [0.25, 0.3) is 0 Å². The molecule has 0 radical (unpaired) electrons. The van der Waals surface area contributed by atoms with Gasteiger partial charge in [-0.2, -0.15) is 0 Å². The van der Waals surface area contributed by atoms with E-state index in [-0.39, 0.29) is 0 Å². The third kappa shape index (κ3) is 6.08. The normalized spacial score (nSPS) is 11.5. The number of hydrogen-bond donors (Lipinski definition) is 1. The molecular formula is C16H28N2O. The Morgan fingerprint density at radius 2 is 2.16 bits per heavy atom. The lowest BCUT2D eigenvalue weighted by molar-refractivity contribution is 0.351. The summed E-state index contributed by atoms with van der Waals surface area (Å²) in [6.07, 6.45) is 0. The van der Waals surface area contributed by atoms with Gasteiger partial charge in [-0.1, -0.05) is 26.0 Å². The molecule has 1 N–H and O–H groups in total. The fourth-order valence-corrected chi connectivity index (χ4v) is 2.12. The average molecular weight is 264 g/mol. The van der Waals surface area contributed by atoms with E-state index in [0.717, 1.165) is 37.7 Å². The van der Waals surface area contributed by atoms with Crippen LogP contribution in [0.15, 0.2) is 22.6 Å². The van der Waals surface area contributed by atoms with E-state index >= 15 is 0 Å². The molecule has 108 valence electrons. The predicted octanol–water partition coefficient (Wildman–Crippen LogP) is 3.34. The molecule has 1 aromatic rings. The van der Waals surface area contributed by atoms with Crippen molar-refractivity contribution in [2.24, 2.45) is 5.92 Å². The molecule has 0 aliphatic carbocycles. The first-order valence-corrected chi connectivity index (χ1v) is 7.00. The zero-order valence-corrected chi connectivity index (χ0v) is 13.0. The highest BCUT2D eigenvalue weighted by Gasteiger charge is 2.09. The number of furan rings is 1. The molecular weight excluding hydrogens is 236 g/mol. The van der Waals surface area contributed by atoms with E-state index in [4.69, 9.17) is 4.42 Å². The Morgan fingerprint density at radius 1 is 1.47 bits per heavy atom. The molecule has 1 rings (SSSR count).